The first-order valence-electron chi connectivity index (χ1n) is 9.94. The molecule has 0 radical (unpaired) electrons. The third kappa shape index (κ3) is 5.58. The van der Waals surface area contributed by atoms with Crippen molar-refractivity contribution in [3.63, 3.8) is 0 Å². The molecule has 0 aliphatic rings. The van der Waals surface area contributed by atoms with E-state index in [-0.39, 0.29) is 12.3 Å². The van der Waals surface area contributed by atoms with Crippen molar-refractivity contribution >= 4 is 38.8 Å². The average Bonchev–Trinajstić information content (AvgIpc) is 2.79. The number of hydrogen-bond acceptors (Lipinski definition) is 3. The van der Waals surface area contributed by atoms with Gasteiger partial charge in [0.1, 0.15) is 12.4 Å². The Labute approximate surface area is 189 Å². The lowest BCUT2D eigenvalue weighted by molar-refractivity contribution is -0.120. The topological polar surface area (TPSA) is 50.7 Å². The zero-order valence-corrected chi connectivity index (χ0v) is 18.4. The number of benzene rings is 4. The summed E-state index contributed by atoms with van der Waals surface area (Å²) in [4.78, 5) is 12.2. The molecule has 0 heterocycles. The molecule has 0 unspecified atom stereocenters. The second-order valence-corrected chi connectivity index (χ2v) is 7.99. The molecule has 0 spiro atoms. The third-order valence-corrected chi connectivity index (χ3v) is 5.30. The second-order valence-electron chi connectivity index (χ2n) is 7.07. The maximum absolute atomic E-state index is 12.2. The average molecular weight is 473 g/mol. The quantitative estimate of drug-likeness (QED) is 0.270. The molecule has 0 aliphatic heterocycles. The van der Waals surface area contributed by atoms with E-state index >= 15 is 0 Å². The number of nitrogens with zero attached hydrogens (tertiary/aromatic N) is 1. The van der Waals surface area contributed by atoms with Crippen LogP contribution in [-0.2, 0) is 17.8 Å². The van der Waals surface area contributed by atoms with E-state index in [2.05, 4.69) is 26.5 Å². The van der Waals surface area contributed by atoms with E-state index in [4.69, 9.17) is 4.74 Å². The van der Waals surface area contributed by atoms with Crippen molar-refractivity contribution in [3.05, 3.63) is 112 Å². The number of ether oxygens (including phenoxy) is 1. The summed E-state index contributed by atoms with van der Waals surface area (Å²) in [7, 11) is 0. The fraction of sp³-hybridized carbons (Fsp3) is 0.0769. The van der Waals surface area contributed by atoms with Crippen LogP contribution in [0.1, 0.15) is 16.7 Å². The fourth-order valence-corrected chi connectivity index (χ4v) is 3.76. The lowest BCUT2D eigenvalue weighted by atomic mass is 10.0. The van der Waals surface area contributed by atoms with Crippen LogP contribution in [-0.4, -0.2) is 12.1 Å². The van der Waals surface area contributed by atoms with Crippen molar-refractivity contribution in [1.29, 1.82) is 0 Å². The van der Waals surface area contributed by atoms with Crippen molar-refractivity contribution in [3.8, 4) is 5.75 Å². The molecule has 1 N–H and O–H groups in total. The molecule has 0 aliphatic carbocycles. The molecule has 4 aromatic carbocycles. The monoisotopic (exact) mass is 472 g/mol. The summed E-state index contributed by atoms with van der Waals surface area (Å²) < 4.78 is 7.12. The highest BCUT2D eigenvalue weighted by Crippen LogP contribution is 2.27. The van der Waals surface area contributed by atoms with Crippen LogP contribution in [0, 0.1) is 0 Å². The van der Waals surface area contributed by atoms with Crippen LogP contribution in [0.15, 0.2) is 101 Å². The highest BCUT2D eigenvalue weighted by atomic mass is 79.9. The second kappa shape index (κ2) is 10.0. The molecule has 0 atom stereocenters. The molecule has 1 amide bonds. The van der Waals surface area contributed by atoms with E-state index in [1.165, 1.54) is 0 Å². The standard InChI is InChI=1S/C26H21BrN2O2/c27-22-11-6-9-20(15-22)18-31-25-14-13-21-10-4-5-12-23(21)24(25)17-28-29-26(30)16-19-7-2-1-3-8-19/h1-15,17H,16,18H2,(H,29,30)/b28-17+. The summed E-state index contributed by atoms with van der Waals surface area (Å²) >= 11 is 3.49. The minimum Gasteiger partial charge on any atom is -0.488 e. The van der Waals surface area contributed by atoms with Gasteiger partial charge in [-0.1, -0.05) is 88.7 Å². The lowest BCUT2D eigenvalue weighted by Gasteiger charge is -2.12. The minimum absolute atomic E-state index is 0.167. The molecule has 0 fully saturated rings. The molecule has 0 bridgehead atoms. The molecule has 0 saturated carbocycles. The smallest absolute Gasteiger partial charge is 0.244 e. The van der Waals surface area contributed by atoms with E-state index in [9.17, 15) is 4.79 Å². The third-order valence-electron chi connectivity index (χ3n) is 4.80. The highest BCUT2D eigenvalue weighted by Gasteiger charge is 2.08. The van der Waals surface area contributed by atoms with Crippen LogP contribution < -0.4 is 10.2 Å². The van der Waals surface area contributed by atoms with E-state index in [1.54, 1.807) is 6.21 Å². The Morgan fingerprint density at radius 3 is 2.52 bits per heavy atom. The van der Waals surface area contributed by atoms with E-state index < -0.39 is 0 Å². The highest BCUT2D eigenvalue weighted by molar-refractivity contribution is 9.10. The maximum atomic E-state index is 12.2. The fourth-order valence-electron chi connectivity index (χ4n) is 3.31. The van der Waals surface area contributed by atoms with Gasteiger partial charge in [-0.15, -0.1) is 0 Å². The van der Waals surface area contributed by atoms with Crippen molar-refractivity contribution < 1.29 is 9.53 Å². The number of fused-ring (bicyclic) bond motifs is 1. The van der Waals surface area contributed by atoms with Gasteiger partial charge in [0, 0.05) is 10.0 Å². The molecule has 5 heteroatoms. The van der Waals surface area contributed by atoms with Gasteiger partial charge < -0.3 is 4.74 Å². The van der Waals surface area contributed by atoms with Crippen LogP contribution in [0.4, 0.5) is 0 Å². The Balaban J connectivity index is 1.53. The molecule has 154 valence electrons. The Morgan fingerprint density at radius 1 is 0.903 bits per heavy atom. The number of halogens is 1. The molecule has 0 aromatic heterocycles. The summed E-state index contributed by atoms with van der Waals surface area (Å²) in [6, 6.07) is 29.6. The first kappa shape index (κ1) is 20.8. The Bertz CT molecular complexity index is 1220. The van der Waals surface area contributed by atoms with Gasteiger partial charge in [0.2, 0.25) is 5.91 Å². The first-order chi connectivity index (χ1) is 15.2. The van der Waals surface area contributed by atoms with Gasteiger partial charge in [0.25, 0.3) is 0 Å². The Morgan fingerprint density at radius 2 is 1.68 bits per heavy atom. The lowest BCUT2D eigenvalue weighted by Crippen LogP contribution is -2.19. The zero-order chi connectivity index (χ0) is 21.5. The number of rotatable bonds is 7. The van der Waals surface area contributed by atoms with Gasteiger partial charge in [0.05, 0.1) is 12.6 Å². The Kier molecular flexibility index (Phi) is 6.75. The van der Waals surface area contributed by atoms with Gasteiger partial charge >= 0.3 is 0 Å². The molecule has 4 rings (SSSR count). The number of nitrogens with one attached hydrogen (secondary N) is 1. The number of hydrogen-bond donors (Lipinski definition) is 1. The number of carbonyl (C=O) groups is 1. The molecule has 4 aromatic rings. The molecule has 4 nitrogen and oxygen atoms in total. The predicted molar refractivity (Wildman–Crippen MR) is 128 cm³/mol. The summed E-state index contributed by atoms with van der Waals surface area (Å²) in [6.07, 6.45) is 1.93. The normalized spacial score (nSPS) is 11.0. The zero-order valence-electron chi connectivity index (χ0n) is 16.8. The van der Waals surface area contributed by atoms with Gasteiger partial charge in [-0.25, -0.2) is 5.43 Å². The summed E-state index contributed by atoms with van der Waals surface area (Å²) in [6.45, 7) is 0.430. The molecular weight excluding hydrogens is 452 g/mol. The summed E-state index contributed by atoms with van der Waals surface area (Å²) in [5.74, 6) is 0.541. The van der Waals surface area contributed by atoms with Crippen molar-refractivity contribution in [2.24, 2.45) is 5.10 Å². The van der Waals surface area contributed by atoms with E-state index in [0.717, 1.165) is 31.9 Å². The van der Waals surface area contributed by atoms with Gasteiger partial charge in [-0.3, -0.25) is 4.79 Å². The Hall–Kier alpha value is -3.44. The first-order valence-corrected chi connectivity index (χ1v) is 10.7. The summed E-state index contributed by atoms with van der Waals surface area (Å²) in [5, 5.41) is 6.29. The molecule has 31 heavy (non-hydrogen) atoms. The van der Waals surface area contributed by atoms with Crippen molar-refractivity contribution in [1.82, 2.24) is 5.43 Å². The molecule has 0 saturated heterocycles. The number of amides is 1. The van der Waals surface area contributed by atoms with Crippen molar-refractivity contribution in [2.45, 2.75) is 13.0 Å². The van der Waals surface area contributed by atoms with E-state index in [0.29, 0.717) is 12.4 Å². The van der Waals surface area contributed by atoms with Crippen LogP contribution >= 0.6 is 15.9 Å². The van der Waals surface area contributed by atoms with Crippen LogP contribution in [0.3, 0.4) is 0 Å². The minimum atomic E-state index is -0.167. The van der Waals surface area contributed by atoms with Gasteiger partial charge in [0.15, 0.2) is 0 Å². The number of hydrazone groups is 1. The largest absolute Gasteiger partial charge is 0.488 e. The van der Waals surface area contributed by atoms with Gasteiger partial charge in [-0.2, -0.15) is 5.10 Å². The van der Waals surface area contributed by atoms with Crippen LogP contribution in [0.2, 0.25) is 0 Å². The maximum Gasteiger partial charge on any atom is 0.244 e. The van der Waals surface area contributed by atoms with E-state index in [1.807, 2.05) is 91.0 Å². The SMILES string of the molecule is O=C(Cc1ccccc1)N/N=C/c1c(OCc2cccc(Br)c2)ccc2ccccc12. The predicted octanol–water partition coefficient (Wildman–Crippen LogP) is 5.87. The number of carbonyl (C=O) groups excluding carboxylic acids is 1. The summed E-state index contributed by atoms with van der Waals surface area (Å²) in [5.41, 5.74) is 5.45. The van der Waals surface area contributed by atoms with Crippen LogP contribution in [0.5, 0.6) is 5.75 Å². The molecular formula is C26H21BrN2O2. The van der Waals surface area contributed by atoms with Crippen LogP contribution in [0.25, 0.3) is 10.8 Å². The van der Waals surface area contributed by atoms with Crippen molar-refractivity contribution in [2.75, 3.05) is 0 Å². The van der Waals surface area contributed by atoms with Gasteiger partial charge in [-0.05, 0) is 40.1 Å².